The molecule has 180 valence electrons. The quantitative estimate of drug-likeness (QED) is 0.520. The fraction of sp³-hybridized carbons (Fsp3) is 0.476. The minimum atomic E-state index is -3.27. The van der Waals surface area contributed by atoms with Crippen LogP contribution in [0.1, 0.15) is 19.4 Å². The maximum Gasteiger partial charge on any atom is 0.330 e. The Hall–Kier alpha value is -2.96. The molecule has 2 aromatic rings. The van der Waals surface area contributed by atoms with Gasteiger partial charge in [0.2, 0.25) is 15.9 Å². The number of carbonyl (C=O) groups excluding carboxylic acids is 1. The molecule has 1 aliphatic heterocycles. The number of anilines is 2. The molecule has 0 atom stereocenters. The van der Waals surface area contributed by atoms with Crippen molar-refractivity contribution < 1.29 is 13.2 Å². The van der Waals surface area contributed by atoms with Gasteiger partial charge in [0.15, 0.2) is 5.69 Å². The van der Waals surface area contributed by atoms with Crippen molar-refractivity contribution in [3.63, 3.8) is 0 Å². The van der Waals surface area contributed by atoms with Crippen LogP contribution in [0.25, 0.3) is 0 Å². The lowest BCUT2D eigenvalue weighted by Gasteiger charge is -2.34. The molecule has 1 aromatic carbocycles. The standard InChI is InChI=1S/C21H30N6O5S/c1-3-26(17(28)15-24-10-12-25(13-11-24)33(31,32)4-2)18-19(22)27(21(30)23-20(18)29)14-16-8-6-5-7-9-16/h5-9H,3-4,10-15,22H2,1-2H3,(H,23,29,30). The smallest absolute Gasteiger partial charge is 0.330 e. The van der Waals surface area contributed by atoms with E-state index >= 15 is 0 Å². The first-order chi connectivity index (χ1) is 15.7. The second kappa shape index (κ2) is 10.3. The molecule has 2 heterocycles. The number of nitrogen functional groups attached to an aromatic ring is 1. The van der Waals surface area contributed by atoms with Gasteiger partial charge in [-0.25, -0.2) is 13.2 Å². The number of sulfonamides is 1. The van der Waals surface area contributed by atoms with Crippen molar-refractivity contribution in [2.45, 2.75) is 20.4 Å². The minimum absolute atomic E-state index is 0.00451. The van der Waals surface area contributed by atoms with E-state index in [9.17, 15) is 22.8 Å². The lowest BCUT2D eigenvalue weighted by atomic mass is 10.2. The first-order valence-electron chi connectivity index (χ1n) is 10.8. The van der Waals surface area contributed by atoms with Gasteiger partial charge < -0.3 is 10.6 Å². The molecule has 0 unspecified atom stereocenters. The molecule has 1 saturated heterocycles. The lowest BCUT2D eigenvalue weighted by Crippen LogP contribution is -2.52. The molecule has 0 saturated carbocycles. The van der Waals surface area contributed by atoms with Gasteiger partial charge in [0, 0.05) is 32.7 Å². The molecular weight excluding hydrogens is 448 g/mol. The summed E-state index contributed by atoms with van der Waals surface area (Å²) in [6, 6.07) is 9.17. The summed E-state index contributed by atoms with van der Waals surface area (Å²) in [5.41, 5.74) is 5.60. The summed E-state index contributed by atoms with van der Waals surface area (Å²) in [6.07, 6.45) is 0. The average Bonchev–Trinajstić information content (AvgIpc) is 2.80. The van der Waals surface area contributed by atoms with E-state index < -0.39 is 21.3 Å². The predicted molar refractivity (Wildman–Crippen MR) is 127 cm³/mol. The molecular formula is C21H30N6O5S. The topological polar surface area (TPSA) is 142 Å². The van der Waals surface area contributed by atoms with Crippen molar-refractivity contribution in [1.29, 1.82) is 0 Å². The molecule has 0 spiro atoms. The zero-order valence-electron chi connectivity index (χ0n) is 18.9. The highest BCUT2D eigenvalue weighted by molar-refractivity contribution is 7.89. The Morgan fingerprint density at radius 3 is 2.30 bits per heavy atom. The van der Waals surface area contributed by atoms with Gasteiger partial charge in [0.05, 0.1) is 18.8 Å². The number of rotatable bonds is 8. The molecule has 1 aromatic heterocycles. The molecule has 0 radical (unpaired) electrons. The number of aromatic nitrogens is 2. The van der Waals surface area contributed by atoms with Crippen molar-refractivity contribution in [3.8, 4) is 0 Å². The van der Waals surface area contributed by atoms with E-state index in [0.29, 0.717) is 26.2 Å². The third-order valence-corrected chi connectivity index (χ3v) is 7.61. The van der Waals surface area contributed by atoms with Crippen LogP contribution in [0.15, 0.2) is 39.9 Å². The maximum absolute atomic E-state index is 13.1. The monoisotopic (exact) mass is 478 g/mol. The second-order valence-electron chi connectivity index (χ2n) is 7.78. The number of nitrogens with zero attached hydrogens (tertiary/aromatic N) is 4. The number of carbonyl (C=O) groups is 1. The van der Waals surface area contributed by atoms with Crippen LogP contribution in [0.4, 0.5) is 11.5 Å². The summed E-state index contributed by atoms with van der Waals surface area (Å²) in [7, 11) is -3.27. The lowest BCUT2D eigenvalue weighted by molar-refractivity contribution is -0.120. The molecule has 12 heteroatoms. The van der Waals surface area contributed by atoms with Crippen LogP contribution < -0.4 is 21.9 Å². The summed E-state index contributed by atoms with van der Waals surface area (Å²) < 4.78 is 26.7. The van der Waals surface area contributed by atoms with Crippen LogP contribution in [0.3, 0.4) is 0 Å². The van der Waals surface area contributed by atoms with E-state index in [1.54, 1.807) is 13.8 Å². The third kappa shape index (κ3) is 5.52. The summed E-state index contributed by atoms with van der Waals surface area (Å²) >= 11 is 0. The number of H-pyrrole nitrogens is 1. The van der Waals surface area contributed by atoms with E-state index in [4.69, 9.17) is 5.73 Å². The number of hydrogen-bond acceptors (Lipinski definition) is 7. The first kappa shape index (κ1) is 24.7. The van der Waals surface area contributed by atoms with Gasteiger partial charge in [-0.15, -0.1) is 0 Å². The normalized spacial score (nSPS) is 15.5. The number of aromatic amines is 1. The number of amides is 1. The fourth-order valence-corrected chi connectivity index (χ4v) is 4.93. The number of nitrogens with one attached hydrogen (secondary N) is 1. The predicted octanol–water partition coefficient (Wildman–Crippen LogP) is -0.513. The van der Waals surface area contributed by atoms with Gasteiger partial charge >= 0.3 is 5.69 Å². The van der Waals surface area contributed by atoms with E-state index in [0.717, 1.165) is 5.56 Å². The Kier molecular flexibility index (Phi) is 7.72. The van der Waals surface area contributed by atoms with Crippen molar-refractivity contribution in [1.82, 2.24) is 18.8 Å². The van der Waals surface area contributed by atoms with E-state index in [2.05, 4.69) is 4.98 Å². The molecule has 11 nitrogen and oxygen atoms in total. The molecule has 0 aliphatic carbocycles. The Balaban J connectivity index is 1.80. The molecule has 3 rings (SSSR count). The number of piperazine rings is 1. The molecule has 33 heavy (non-hydrogen) atoms. The van der Waals surface area contributed by atoms with Gasteiger partial charge in [-0.3, -0.25) is 24.0 Å². The van der Waals surface area contributed by atoms with E-state index in [1.165, 1.54) is 13.8 Å². The fourth-order valence-electron chi connectivity index (χ4n) is 3.85. The summed E-state index contributed by atoms with van der Waals surface area (Å²) in [6.45, 7) is 5.07. The summed E-state index contributed by atoms with van der Waals surface area (Å²) in [5.74, 6) is -0.399. The Labute approximate surface area is 192 Å². The average molecular weight is 479 g/mol. The van der Waals surface area contributed by atoms with E-state index in [1.807, 2.05) is 35.2 Å². The van der Waals surface area contributed by atoms with Crippen LogP contribution in [-0.2, 0) is 21.4 Å². The van der Waals surface area contributed by atoms with Crippen molar-refractivity contribution in [3.05, 3.63) is 56.7 Å². The first-order valence-corrected chi connectivity index (χ1v) is 12.5. The highest BCUT2D eigenvalue weighted by atomic mass is 32.2. The van der Waals surface area contributed by atoms with Gasteiger partial charge in [0.1, 0.15) is 5.82 Å². The maximum atomic E-state index is 13.1. The Morgan fingerprint density at radius 1 is 1.09 bits per heavy atom. The van der Waals surface area contributed by atoms with Crippen molar-refractivity contribution in [2.24, 2.45) is 0 Å². The van der Waals surface area contributed by atoms with Crippen molar-refractivity contribution in [2.75, 3.05) is 55.7 Å². The van der Waals surface area contributed by atoms with Gasteiger partial charge in [-0.05, 0) is 19.4 Å². The zero-order chi connectivity index (χ0) is 24.2. The molecule has 1 amide bonds. The largest absolute Gasteiger partial charge is 0.383 e. The molecule has 1 aliphatic rings. The van der Waals surface area contributed by atoms with Crippen LogP contribution in [0.5, 0.6) is 0 Å². The molecule has 3 N–H and O–H groups in total. The zero-order valence-corrected chi connectivity index (χ0v) is 19.7. The Bertz CT molecular complexity index is 1200. The molecule has 0 bridgehead atoms. The van der Waals surface area contributed by atoms with Gasteiger partial charge in [-0.1, -0.05) is 30.3 Å². The van der Waals surface area contributed by atoms with Crippen LogP contribution in [-0.4, -0.2) is 78.1 Å². The highest BCUT2D eigenvalue weighted by Crippen LogP contribution is 2.18. The summed E-state index contributed by atoms with van der Waals surface area (Å²) in [4.78, 5) is 43.5. The number of hydrogen-bond donors (Lipinski definition) is 2. The SMILES string of the molecule is CCN(C(=O)CN1CCN(S(=O)(=O)CC)CC1)c1c(N)n(Cc2ccccc2)c(=O)[nH]c1=O. The summed E-state index contributed by atoms with van der Waals surface area (Å²) in [5, 5.41) is 0. The minimum Gasteiger partial charge on any atom is -0.383 e. The van der Waals surface area contributed by atoms with E-state index in [-0.39, 0.29) is 42.8 Å². The van der Waals surface area contributed by atoms with Crippen molar-refractivity contribution >= 4 is 27.4 Å². The van der Waals surface area contributed by atoms with Crippen LogP contribution in [0, 0.1) is 0 Å². The number of likely N-dealkylation sites (N-methyl/N-ethyl adjacent to an activating group) is 1. The van der Waals surface area contributed by atoms with Gasteiger partial charge in [-0.2, -0.15) is 4.31 Å². The third-order valence-electron chi connectivity index (χ3n) is 5.73. The van der Waals surface area contributed by atoms with Crippen LogP contribution in [0.2, 0.25) is 0 Å². The van der Waals surface area contributed by atoms with Gasteiger partial charge in [0.25, 0.3) is 5.56 Å². The number of nitrogens with two attached hydrogens (primary N) is 1. The highest BCUT2D eigenvalue weighted by Gasteiger charge is 2.29. The Morgan fingerprint density at radius 2 is 1.73 bits per heavy atom. The molecule has 1 fully saturated rings. The number of benzene rings is 1. The van der Waals surface area contributed by atoms with Crippen LogP contribution >= 0.6 is 0 Å². The second-order valence-corrected chi connectivity index (χ2v) is 10.0.